The van der Waals surface area contributed by atoms with Crippen molar-refractivity contribution in [3.8, 4) is 0 Å². The van der Waals surface area contributed by atoms with Gasteiger partial charge in [0.2, 0.25) is 0 Å². The topological polar surface area (TPSA) is 44.1 Å². The highest BCUT2D eigenvalue weighted by atomic mass is 127. The minimum Gasteiger partial charge on any atom is -0.597 e. The number of aromatic nitrogens is 2. The first kappa shape index (κ1) is 20.8. The van der Waals surface area contributed by atoms with E-state index < -0.39 is 29.1 Å². The van der Waals surface area contributed by atoms with Crippen LogP contribution in [-0.4, -0.2) is 42.4 Å². The molecule has 2 aliphatic carbocycles. The molecule has 1 heterocycles. The van der Waals surface area contributed by atoms with E-state index in [1.807, 2.05) is 20.8 Å². The Morgan fingerprint density at radius 1 is 1.35 bits per heavy atom. The van der Waals surface area contributed by atoms with Gasteiger partial charge in [-0.1, -0.05) is 0 Å². The highest BCUT2D eigenvalue weighted by Gasteiger charge is 2.60. The molecule has 0 amide bonds. The average Bonchev–Trinajstić information content (AvgIpc) is 2.85. The van der Waals surface area contributed by atoms with Gasteiger partial charge in [0.15, 0.2) is 0 Å². The molecule has 3 rings (SSSR count). The summed E-state index contributed by atoms with van der Waals surface area (Å²) in [5.41, 5.74) is 1.27. The number of fused-ring (bicyclic) bond motifs is 1. The molecule has 1 aromatic heterocycles. The lowest BCUT2D eigenvalue weighted by Gasteiger charge is -2.36. The Bertz CT molecular complexity index is 637. The number of nitrogens with zero attached hydrogens (tertiary/aromatic N) is 3. The van der Waals surface area contributed by atoms with Crippen LogP contribution in [0.2, 0.25) is 0 Å². The molecule has 0 radical (unpaired) electrons. The predicted octanol–water partition coefficient (Wildman–Crippen LogP) is 4.59. The maximum Gasteiger partial charge on any atom is 0.255 e. The molecular weight excluding hydrogens is 471 g/mol. The van der Waals surface area contributed by atoms with E-state index in [0.29, 0.717) is 23.8 Å². The van der Waals surface area contributed by atoms with Crippen LogP contribution < -0.4 is 0 Å². The van der Waals surface area contributed by atoms with Crippen molar-refractivity contribution in [1.82, 2.24) is 14.1 Å². The first-order chi connectivity index (χ1) is 12.0. The standard InChI is InChI=1S/C18H28F2IN3OS/c1-10(2)24-14(8-16(21)22-24)17-12-6-11(7-13(12)17)23(9-15(19)20)26(25)18(3,4)5/h8,10-13,15,17H,6-7,9H2,1-5H3/t11?,12-,13+,17+,26?. The summed E-state index contributed by atoms with van der Waals surface area (Å²) in [7, 11) is 0. The lowest BCUT2D eigenvalue weighted by atomic mass is 10.0. The molecule has 0 bridgehead atoms. The zero-order valence-corrected chi connectivity index (χ0v) is 18.9. The maximum atomic E-state index is 13.1. The van der Waals surface area contributed by atoms with Crippen LogP contribution in [-0.2, 0) is 11.4 Å². The van der Waals surface area contributed by atoms with E-state index >= 15 is 0 Å². The molecule has 26 heavy (non-hydrogen) atoms. The number of hydrogen-bond acceptors (Lipinski definition) is 3. The number of halogens is 3. The molecule has 1 aromatic rings. The quantitative estimate of drug-likeness (QED) is 0.425. The van der Waals surface area contributed by atoms with Gasteiger partial charge in [-0.05, 0) is 88.0 Å². The number of alkyl halides is 2. The van der Waals surface area contributed by atoms with Gasteiger partial charge >= 0.3 is 0 Å². The fourth-order valence-corrected chi connectivity index (χ4v) is 6.31. The lowest BCUT2D eigenvalue weighted by molar-refractivity contribution is 0.104. The second-order valence-corrected chi connectivity index (χ2v) is 12.1. The van der Waals surface area contributed by atoms with E-state index in [-0.39, 0.29) is 6.04 Å². The smallest absolute Gasteiger partial charge is 0.255 e. The summed E-state index contributed by atoms with van der Waals surface area (Å²) < 4.78 is 43.1. The molecule has 8 heteroatoms. The van der Waals surface area contributed by atoms with Crippen molar-refractivity contribution >= 4 is 34.0 Å². The third kappa shape index (κ3) is 4.07. The minimum atomic E-state index is -2.46. The van der Waals surface area contributed by atoms with E-state index in [2.05, 4.69) is 52.3 Å². The van der Waals surface area contributed by atoms with E-state index in [9.17, 15) is 13.3 Å². The van der Waals surface area contributed by atoms with E-state index in [1.54, 1.807) is 4.31 Å². The van der Waals surface area contributed by atoms with E-state index in [0.717, 1.165) is 16.5 Å². The third-order valence-electron chi connectivity index (χ3n) is 5.45. The van der Waals surface area contributed by atoms with Crippen molar-refractivity contribution in [3.63, 3.8) is 0 Å². The van der Waals surface area contributed by atoms with Crippen molar-refractivity contribution in [2.24, 2.45) is 11.8 Å². The Kier molecular flexibility index (Phi) is 5.98. The summed E-state index contributed by atoms with van der Waals surface area (Å²) in [6, 6.07) is 2.46. The summed E-state index contributed by atoms with van der Waals surface area (Å²) in [5, 5.41) is 4.60. The predicted molar refractivity (Wildman–Crippen MR) is 109 cm³/mol. The Morgan fingerprint density at radius 2 is 1.92 bits per heavy atom. The molecule has 5 atom stereocenters. The van der Waals surface area contributed by atoms with Gasteiger partial charge in [-0.15, -0.1) is 4.31 Å². The van der Waals surface area contributed by atoms with Gasteiger partial charge in [0.05, 0.1) is 6.04 Å². The van der Waals surface area contributed by atoms with Gasteiger partial charge in [-0.2, -0.15) is 5.10 Å². The summed E-state index contributed by atoms with van der Waals surface area (Å²) in [5.74, 6) is 1.48. The Hall–Kier alpha value is 0.0700. The molecule has 0 saturated heterocycles. The second kappa shape index (κ2) is 7.48. The SMILES string of the molecule is CC(C)n1nc(I)cc1[C@H]1[C@@H]2CC(N(CC(F)F)[S+]([O-])C(C)(C)C)C[C@@H]21. The molecule has 2 fully saturated rings. The Balaban J connectivity index is 1.71. The summed E-state index contributed by atoms with van der Waals surface area (Å²) >= 11 is 0.838. The van der Waals surface area contributed by atoms with Crippen molar-refractivity contribution in [1.29, 1.82) is 0 Å². The van der Waals surface area contributed by atoms with Crippen LogP contribution in [0.15, 0.2) is 6.07 Å². The van der Waals surface area contributed by atoms with Gasteiger partial charge < -0.3 is 4.55 Å². The summed E-state index contributed by atoms with van der Waals surface area (Å²) in [6.45, 7) is 9.41. The van der Waals surface area contributed by atoms with Crippen LogP contribution in [0.4, 0.5) is 8.78 Å². The maximum absolute atomic E-state index is 13.1. The van der Waals surface area contributed by atoms with Gasteiger partial charge in [0.1, 0.15) is 15.0 Å². The molecule has 4 nitrogen and oxygen atoms in total. The van der Waals surface area contributed by atoms with Gasteiger partial charge in [-0.25, -0.2) is 8.78 Å². The molecule has 0 aliphatic heterocycles. The molecule has 2 unspecified atom stereocenters. The van der Waals surface area contributed by atoms with E-state index in [1.165, 1.54) is 5.69 Å². The number of rotatable bonds is 6. The molecular formula is C18H28F2IN3OS. The second-order valence-electron chi connectivity index (χ2n) is 8.76. The Morgan fingerprint density at radius 3 is 2.38 bits per heavy atom. The molecule has 2 aliphatic rings. The monoisotopic (exact) mass is 499 g/mol. The van der Waals surface area contributed by atoms with Crippen molar-refractivity contribution in [3.05, 3.63) is 15.5 Å². The minimum absolute atomic E-state index is 0.00944. The average molecular weight is 499 g/mol. The fourth-order valence-electron chi connectivity index (χ4n) is 4.37. The first-order valence-electron chi connectivity index (χ1n) is 9.22. The van der Waals surface area contributed by atoms with Crippen molar-refractivity contribution < 1.29 is 13.3 Å². The van der Waals surface area contributed by atoms with Crippen LogP contribution in [0.5, 0.6) is 0 Å². The van der Waals surface area contributed by atoms with Gasteiger partial charge in [0, 0.05) is 29.0 Å². The van der Waals surface area contributed by atoms with Crippen LogP contribution >= 0.6 is 22.6 Å². The molecule has 0 spiro atoms. The number of hydrogen-bond donors (Lipinski definition) is 0. The molecule has 0 N–H and O–H groups in total. The third-order valence-corrected chi connectivity index (χ3v) is 7.90. The summed E-state index contributed by atoms with van der Waals surface area (Å²) in [6.07, 6.45) is -0.758. The first-order valence-corrected chi connectivity index (χ1v) is 11.4. The Labute approximate surface area is 171 Å². The highest BCUT2D eigenvalue weighted by molar-refractivity contribution is 14.1. The van der Waals surface area contributed by atoms with E-state index in [4.69, 9.17) is 0 Å². The van der Waals surface area contributed by atoms with Crippen LogP contribution in [0.25, 0.3) is 0 Å². The van der Waals surface area contributed by atoms with Crippen LogP contribution in [0.1, 0.15) is 65.1 Å². The fraction of sp³-hybridized carbons (Fsp3) is 0.833. The largest absolute Gasteiger partial charge is 0.597 e. The highest BCUT2D eigenvalue weighted by Crippen LogP contribution is 2.64. The van der Waals surface area contributed by atoms with Crippen molar-refractivity contribution in [2.45, 2.75) is 76.6 Å². The molecule has 2 saturated carbocycles. The lowest BCUT2D eigenvalue weighted by Crippen LogP contribution is -2.49. The zero-order valence-electron chi connectivity index (χ0n) is 16.0. The summed E-state index contributed by atoms with van der Waals surface area (Å²) in [4.78, 5) is 0. The van der Waals surface area contributed by atoms with Gasteiger partial charge in [0.25, 0.3) is 6.43 Å². The van der Waals surface area contributed by atoms with Crippen molar-refractivity contribution in [2.75, 3.05) is 6.54 Å². The zero-order chi connectivity index (χ0) is 19.4. The van der Waals surface area contributed by atoms with Crippen LogP contribution in [0, 0.1) is 15.5 Å². The van der Waals surface area contributed by atoms with Gasteiger partial charge in [-0.3, -0.25) is 4.68 Å². The molecule has 148 valence electrons. The van der Waals surface area contributed by atoms with Crippen LogP contribution in [0.3, 0.4) is 0 Å². The normalized spacial score (nSPS) is 29.7. The molecule has 0 aromatic carbocycles.